The second-order valence-electron chi connectivity index (χ2n) is 6.00. The number of aromatic nitrogens is 5. The summed E-state index contributed by atoms with van der Waals surface area (Å²) in [6.07, 6.45) is 0.850. The van der Waals surface area contributed by atoms with E-state index in [1.54, 1.807) is 11.7 Å². The Morgan fingerprint density at radius 3 is 3.22 bits per heavy atom. The van der Waals surface area contributed by atoms with Gasteiger partial charge in [-0.2, -0.15) is 10.1 Å². The van der Waals surface area contributed by atoms with Gasteiger partial charge in [-0.3, -0.25) is 9.47 Å². The molecule has 1 saturated heterocycles. The highest BCUT2D eigenvalue weighted by atomic mass is 16.5. The summed E-state index contributed by atoms with van der Waals surface area (Å²) >= 11 is 0. The molecule has 1 fully saturated rings. The number of hydrogen-bond donors (Lipinski definition) is 1. The van der Waals surface area contributed by atoms with Crippen molar-refractivity contribution in [3.8, 4) is 0 Å². The molecule has 2 aliphatic heterocycles. The summed E-state index contributed by atoms with van der Waals surface area (Å²) in [7, 11) is 1.59. The summed E-state index contributed by atoms with van der Waals surface area (Å²) in [5.74, 6) is 1.76. The van der Waals surface area contributed by atoms with Crippen LogP contribution in [0.2, 0.25) is 0 Å². The molecule has 4 heterocycles. The predicted octanol–water partition coefficient (Wildman–Crippen LogP) is -0.724. The van der Waals surface area contributed by atoms with Crippen molar-refractivity contribution in [2.75, 3.05) is 20.2 Å². The van der Waals surface area contributed by atoms with Crippen LogP contribution in [0.1, 0.15) is 24.0 Å². The van der Waals surface area contributed by atoms with E-state index in [2.05, 4.69) is 25.2 Å². The lowest BCUT2D eigenvalue weighted by atomic mass is 10.0. The summed E-state index contributed by atoms with van der Waals surface area (Å²) < 4.78 is 17.9. The monoisotopic (exact) mass is 322 g/mol. The Balaban J connectivity index is 1.43. The second-order valence-corrected chi connectivity index (χ2v) is 6.00. The van der Waals surface area contributed by atoms with Crippen LogP contribution < -0.4 is 5.69 Å². The maximum atomic E-state index is 11.8. The average Bonchev–Trinajstić information content (AvgIpc) is 3.23. The lowest BCUT2D eigenvalue weighted by molar-refractivity contribution is -0.0835. The van der Waals surface area contributed by atoms with Crippen LogP contribution in [0.15, 0.2) is 9.32 Å². The van der Waals surface area contributed by atoms with Crippen molar-refractivity contribution >= 4 is 0 Å². The van der Waals surface area contributed by atoms with Gasteiger partial charge >= 0.3 is 5.69 Å². The van der Waals surface area contributed by atoms with Crippen molar-refractivity contribution in [2.24, 2.45) is 0 Å². The van der Waals surface area contributed by atoms with Crippen molar-refractivity contribution in [2.45, 2.75) is 38.3 Å². The zero-order valence-corrected chi connectivity index (χ0v) is 12.8. The fourth-order valence-electron chi connectivity index (χ4n) is 3.22. The zero-order chi connectivity index (χ0) is 15.9. The van der Waals surface area contributed by atoms with Crippen LogP contribution in [-0.2, 0) is 35.8 Å². The van der Waals surface area contributed by atoms with Gasteiger partial charge in [0.2, 0.25) is 5.89 Å². The Morgan fingerprint density at radius 2 is 2.35 bits per heavy atom. The molecule has 23 heavy (non-hydrogen) atoms. The molecule has 1 N–H and O–H groups in total. The highest BCUT2D eigenvalue weighted by Gasteiger charge is 2.43. The maximum absolute atomic E-state index is 11.8. The topological polar surface area (TPSA) is 111 Å². The molecular weight excluding hydrogens is 304 g/mol. The van der Waals surface area contributed by atoms with E-state index in [4.69, 9.17) is 14.0 Å². The molecule has 0 radical (unpaired) electrons. The Labute approximate surface area is 131 Å². The number of ether oxygens (including phenoxy) is 2. The number of fused-ring (bicyclic) bond motifs is 1. The summed E-state index contributed by atoms with van der Waals surface area (Å²) in [6.45, 7) is 3.34. The van der Waals surface area contributed by atoms with Gasteiger partial charge in [0.25, 0.3) is 0 Å². The molecule has 0 saturated carbocycles. The van der Waals surface area contributed by atoms with Crippen molar-refractivity contribution < 1.29 is 14.0 Å². The van der Waals surface area contributed by atoms with E-state index in [9.17, 15) is 4.79 Å². The first-order chi connectivity index (χ1) is 11.2. The third kappa shape index (κ3) is 2.69. The normalized spacial score (nSPS) is 24.4. The molecule has 10 heteroatoms. The van der Waals surface area contributed by atoms with Gasteiger partial charge in [0, 0.05) is 20.2 Å². The molecule has 2 aromatic heterocycles. The Kier molecular flexibility index (Phi) is 3.51. The van der Waals surface area contributed by atoms with E-state index < -0.39 is 0 Å². The first kappa shape index (κ1) is 14.5. The quantitative estimate of drug-likeness (QED) is 0.784. The molecule has 0 aromatic carbocycles. The molecule has 0 bridgehead atoms. The van der Waals surface area contributed by atoms with Crippen molar-refractivity contribution in [1.29, 1.82) is 0 Å². The van der Waals surface area contributed by atoms with Gasteiger partial charge in [0.1, 0.15) is 18.8 Å². The molecule has 1 spiro atoms. The van der Waals surface area contributed by atoms with Crippen LogP contribution in [-0.4, -0.2) is 55.6 Å². The van der Waals surface area contributed by atoms with E-state index >= 15 is 0 Å². The molecule has 0 amide bonds. The second kappa shape index (κ2) is 5.55. The van der Waals surface area contributed by atoms with E-state index in [0.29, 0.717) is 50.4 Å². The van der Waals surface area contributed by atoms with Gasteiger partial charge in [0.15, 0.2) is 11.6 Å². The molecule has 124 valence electrons. The van der Waals surface area contributed by atoms with Crippen LogP contribution in [0.4, 0.5) is 0 Å². The van der Waals surface area contributed by atoms with Crippen molar-refractivity contribution in [3.63, 3.8) is 0 Å². The van der Waals surface area contributed by atoms with Gasteiger partial charge in [-0.1, -0.05) is 5.16 Å². The van der Waals surface area contributed by atoms with Crippen LogP contribution >= 0.6 is 0 Å². The molecule has 2 aromatic rings. The van der Waals surface area contributed by atoms with Crippen LogP contribution in [0.25, 0.3) is 0 Å². The number of likely N-dealkylation sites (tertiary alicyclic amines) is 1. The Hall–Kier alpha value is -2.04. The van der Waals surface area contributed by atoms with Gasteiger partial charge < -0.3 is 14.0 Å². The van der Waals surface area contributed by atoms with Crippen LogP contribution in [0.5, 0.6) is 0 Å². The molecule has 1 atom stereocenters. The number of nitrogens with one attached hydrogen (secondary N) is 1. The van der Waals surface area contributed by atoms with Crippen molar-refractivity contribution in [1.82, 2.24) is 29.8 Å². The molecule has 1 unspecified atom stereocenters. The first-order valence-corrected chi connectivity index (χ1v) is 7.48. The van der Waals surface area contributed by atoms with Gasteiger partial charge in [-0.05, 0) is 6.42 Å². The largest absolute Gasteiger partial charge is 0.377 e. The smallest absolute Gasteiger partial charge is 0.343 e. The van der Waals surface area contributed by atoms with E-state index in [1.807, 2.05) is 0 Å². The fraction of sp³-hybridized carbons (Fsp3) is 0.692. The third-order valence-corrected chi connectivity index (χ3v) is 4.33. The highest BCUT2D eigenvalue weighted by Crippen LogP contribution is 2.31. The van der Waals surface area contributed by atoms with Crippen LogP contribution in [0.3, 0.4) is 0 Å². The van der Waals surface area contributed by atoms with Gasteiger partial charge in [-0.15, -0.1) is 0 Å². The fourth-order valence-corrected chi connectivity index (χ4v) is 3.22. The number of H-pyrrole nitrogens is 1. The minimum absolute atomic E-state index is 0.178. The standard InChI is InChI=1S/C13H18N6O4/c1-21-5-9-14-11(23-17-9)4-18-3-2-13(7-18)8-19-10(6-22-13)15-16-12(19)20/h2-8H2,1H3,(H,16,20). The minimum Gasteiger partial charge on any atom is -0.377 e. The average molecular weight is 322 g/mol. The van der Waals surface area contributed by atoms with Crippen LogP contribution in [0, 0.1) is 0 Å². The number of aromatic amines is 1. The number of hydrogen-bond acceptors (Lipinski definition) is 8. The highest BCUT2D eigenvalue weighted by molar-refractivity contribution is 5.00. The van der Waals surface area contributed by atoms with E-state index in [0.717, 1.165) is 13.0 Å². The van der Waals surface area contributed by atoms with Gasteiger partial charge in [-0.25, -0.2) is 9.89 Å². The lowest BCUT2D eigenvalue weighted by Crippen LogP contribution is -2.46. The molecule has 0 aliphatic carbocycles. The predicted molar refractivity (Wildman–Crippen MR) is 75.3 cm³/mol. The third-order valence-electron chi connectivity index (χ3n) is 4.33. The SMILES string of the molecule is COCc1noc(CN2CCC3(C2)Cn2c(n[nH]c2=O)CO3)n1. The van der Waals surface area contributed by atoms with Crippen molar-refractivity contribution in [3.05, 3.63) is 28.0 Å². The maximum Gasteiger partial charge on any atom is 0.343 e. The summed E-state index contributed by atoms with van der Waals surface area (Å²) in [6, 6.07) is 0. The lowest BCUT2D eigenvalue weighted by Gasteiger charge is -2.33. The minimum atomic E-state index is -0.351. The van der Waals surface area contributed by atoms with E-state index in [-0.39, 0.29) is 11.3 Å². The molecule has 4 rings (SSSR count). The summed E-state index contributed by atoms with van der Waals surface area (Å²) in [5, 5.41) is 10.3. The molecule has 10 nitrogen and oxygen atoms in total. The Bertz CT molecular complexity index is 752. The molecule has 2 aliphatic rings. The Morgan fingerprint density at radius 1 is 1.43 bits per heavy atom. The van der Waals surface area contributed by atoms with E-state index in [1.165, 1.54) is 0 Å². The number of rotatable bonds is 4. The summed E-state index contributed by atoms with van der Waals surface area (Å²) in [5.41, 5.74) is -0.530. The first-order valence-electron chi connectivity index (χ1n) is 7.48. The zero-order valence-electron chi connectivity index (χ0n) is 12.8. The molecular formula is C13H18N6O4. The summed E-state index contributed by atoms with van der Waals surface area (Å²) in [4.78, 5) is 18.2. The number of methoxy groups -OCH3 is 1. The van der Waals surface area contributed by atoms with Gasteiger partial charge in [0.05, 0.1) is 13.1 Å². The number of nitrogens with zero attached hydrogens (tertiary/aromatic N) is 5.